The Balaban J connectivity index is 1.30. The topological polar surface area (TPSA) is 87.4 Å². The molecule has 2 aliphatic heterocycles. The lowest BCUT2D eigenvalue weighted by Gasteiger charge is -2.38. The number of aromatic nitrogens is 4. The highest BCUT2D eigenvalue weighted by atomic mass is 16.3. The Morgan fingerprint density at radius 1 is 1.07 bits per heavy atom. The summed E-state index contributed by atoms with van der Waals surface area (Å²) < 4.78 is 1.62. The van der Waals surface area contributed by atoms with Gasteiger partial charge in [-0.2, -0.15) is 0 Å². The first-order chi connectivity index (χ1) is 13.6. The first-order valence-electron chi connectivity index (χ1n) is 10.1. The van der Waals surface area contributed by atoms with Gasteiger partial charge in [-0.3, -0.25) is 9.69 Å². The fourth-order valence-electron chi connectivity index (χ4n) is 4.15. The molecule has 0 spiro atoms. The Kier molecular flexibility index (Phi) is 5.68. The molecular formula is C20H28N6O2. The summed E-state index contributed by atoms with van der Waals surface area (Å²) >= 11 is 0. The van der Waals surface area contributed by atoms with Gasteiger partial charge >= 0.3 is 0 Å². The van der Waals surface area contributed by atoms with Crippen LogP contribution < -0.4 is 0 Å². The molecule has 0 saturated carbocycles. The average Bonchev–Trinajstić information content (AvgIpc) is 3.36. The van der Waals surface area contributed by atoms with Crippen LogP contribution in [0.25, 0.3) is 0 Å². The molecule has 2 fully saturated rings. The number of carbonyl (C=O) groups is 1. The second-order valence-corrected chi connectivity index (χ2v) is 8.00. The van der Waals surface area contributed by atoms with Crippen LogP contribution in [0.3, 0.4) is 0 Å². The third-order valence-corrected chi connectivity index (χ3v) is 5.88. The highest BCUT2D eigenvalue weighted by molar-refractivity contribution is 5.76. The van der Waals surface area contributed by atoms with Crippen molar-refractivity contribution in [3.05, 3.63) is 41.7 Å². The second-order valence-electron chi connectivity index (χ2n) is 8.00. The molecular weight excluding hydrogens is 356 g/mol. The number of amides is 1. The Morgan fingerprint density at radius 2 is 1.79 bits per heavy atom. The zero-order valence-corrected chi connectivity index (χ0v) is 16.2. The van der Waals surface area contributed by atoms with Gasteiger partial charge in [0.05, 0.1) is 12.1 Å². The standard InChI is InChI=1S/C20H28N6O2/c27-19(16-26-18(21-22-23-26)15-24-10-4-5-11-24)25-12-8-20(28,9-13-25)14-17-6-2-1-3-7-17/h1-3,6-7,28H,4-5,8-16H2. The van der Waals surface area contributed by atoms with Gasteiger partial charge in [0.15, 0.2) is 5.82 Å². The minimum absolute atomic E-state index is 0.0109. The smallest absolute Gasteiger partial charge is 0.244 e. The third kappa shape index (κ3) is 4.56. The molecule has 0 radical (unpaired) electrons. The van der Waals surface area contributed by atoms with E-state index in [4.69, 9.17) is 0 Å². The predicted octanol–water partition coefficient (Wildman–Crippen LogP) is 0.865. The number of piperidine rings is 1. The van der Waals surface area contributed by atoms with Crippen molar-refractivity contribution in [1.82, 2.24) is 30.0 Å². The van der Waals surface area contributed by atoms with Crippen LogP contribution in [0.2, 0.25) is 0 Å². The lowest BCUT2D eigenvalue weighted by Crippen LogP contribution is -2.48. The van der Waals surface area contributed by atoms with E-state index in [1.807, 2.05) is 35.2 Å². The summed E-state index contributed by atoms with van der Waals surface area (Å²) in [6.45, 7) is 4.10. The highest BCUT2D eigenvalue weighted by Gasteiger charge is 2.34. The molecule has 150 valence electrons. The number of benzene rings is 1. The van der Waals surface area contributed by atoms with Crippen LogP contribution in [0, 0.1) is 0 Å². The minimum Gasteiger partial charge on any atom is -0.389 e. The van der Waals surface area contributed by atoms with E-state index < -0.39 is 5.60 Å². The number of hydrogen-bond acceptors (Lipinski definition) is 6. The zero-order chi connectivity index (χ0) is 19.4. The molecule has 1 aromatic carbocycles. The van der Waals surface area contributed by atoms with E-state index in [-0.39, 0.29) is 12.5 Å². The molecule has 1 N–H and O–H groups in total. The fraction of sp³-hybridized carbons (Fsp3) is 0.600. The van der Waals surface area contributed by atoms with Crippen molar-refractivity contribution in [3.63, 3.8) is 0 Å². The first-order valence-corrected chi connectivity index (χ1v) is 10.1. The quantitative estimate of drug-likeness (QED) is 0.795. The Hall–Kier alpha value is -2.32. The van der Waals surface area contributed by atoms with Gasteiger partial charge in [0.1, 0.15) is 6.54 Å². The van der Waals surface area contributed by atoms with Gasteiger partial charge in [-0.25, -0.2) is 4.68 Å². The van der Waals surface area contributed by atoms with E-state index in [9.17, 15) is 9.90 Å². The molecule has 4 rings (SSSR count). The average molecular weight is 384 g/mol. The number of rotatable bonds is 6. The number of nitrogens with zero attached hydrogens (tertiary/aromatic N) is 6. The largest absolute Gasteiger partial charge is 0.389 e. The molecule has 8 nitrogen and oxygen atoms in total. The molecule has 0 aliphatic carbocycles. The Bertz CT molecular complexity index is 779. The van der Waals surface area contributed by atoms with Gasteiger partial charge in [-0.15, -0.1) is 5.10 Å². The molecule has 1 aromatic heterocycles. The lowest BCUT2D eigenvalue weighted by molar-refractivity contribution is -0.136. The molecule has 0 unspecified atom stereocenters. The van der Waals surface area contributed by atoms with E-state index in [1.54, 1.807) is 4.68 Å². The van der Waals surface area contributed by atoms with Gasteiger partial charge in [-0.1, -0.05) is 30.3 Å². The van der Waals surface area contributed by atoms with Crippen molar-refractivity contribution in [3.8, 4) is 0 Å². The fourth-order valence-corrected chi connectivity index (χ4v) is 4.15. The summed E-state index contributed by atoms with van der Waals surface area (Å²) in [5.74, 6) is 0.754. The van der Waals surface area contributed by atoms with Crippen molar-refractivity contribution in [2.75, 3.05) is 26.2 Å². The molecule has 0 bridgehead atoms. The van der Waals surface area contributed by atoms with Crippen LogP contribution in [0.1, 0.15) is 37.1 Å². The van der Waals surface area contributed by atoms with E-state index in [1.165, 1.54) is 12.8 Å². The number of aliphatic hydroxyl groups is 1. The molecule has 3 heterocycles. The molecule has 2 saturated heterocycles. The Morgan fingerprint density at radius 3 is 2.50 bits per heavy atom. The van der Waals surface area contributed by atoms with Crippen LogP contribution in [0.4, 0.5) is 0 Å². The van der Waals surface area contributed by atoms with Crippen LogP contribution in [0.5, 0.6) is 0 Å². The number of carbonyl (C=O) groups excluding carboxylic acids is 1. The first kappa shape index (κ1) is 19.0. The molecule has 2 aliphatic rings. The van der Waals surface area contributed by atoms with E-state index in [2.05, 4.69) is 20.4 Å². The summed E-state index contributed by atoms with van der Waals surface area (Å²) in [7, 11) is 0. The predicted molar refractivity (Wildman–Crippen MR) is 103 cm³/mol. The lowest BCUT2D eigenvalue weighted by atomic mass is 9.85. The molecule has 28 heavy (non-hydrogen) atoms. The van der Waals surface area contributed by atoms with Crippen molar-refractivity contribution in [2.45, 2.75) is 50.8 Å². The normalized spacial score (nSPS) is 19.8. The maximum atomic E-state index is 12.7. The third-order valence-electron chi connectivity index (χ3n) is 5.88. The number of hydrogen-bond donors (Lipinski definition) is 1. The van der Waals surface area contributed by atoms with Crippen molar-refractivity contribution in [2.24, 2.45) is 0 Å². The van der Waals surface area contributed by atoms with Gasteiger partial charge in [0.2, 0.25) is 5.91 Å². The van der Waals surface area contributed by atoms with E-state index >= 15 is 0 Å². The number of tetrazole rings is 1. The van der Waals surface area contributed by atoms with E-state index in [0.717, 1.165) is 24.5 Å². The monoisotopic (exact) mass is 384 g/mol. The van der Waals surface area contributed by atoms with Crippen LogP contribution in [-0.2, 0) is 24.3 Å². The van der Waals surface area contributed by atoms with E-state index in [0.29, 0.717) is 38.9 Å². The summed E-state index contributed by atoms with van der Waals surface area (Å²) in [6, 6.07) is 10.0. The van der Waals surface area contributed by atoms with Crippen molar-refractivity contribution < 1.29 is 9.90 Å². The van der Waals surface area contributed by atoms with Crippen LogP contribution >= 0.6 is 0 Å². The van der Waals surface area contributed by atoms with Crippen LogP contribution in [-0.4, -0.2) is 72.8 Å². The molecule has 2 aromatic rings. The zero-order valence-electron chi connectivity index (χ0n) is 16.2. The maximum absolute atomic E-state index is 12.7. The minimum atomic E-state index is -0.742. The molecule has 8 heteroatoms. The van der Waals surface area contributed by atoms with Crippen LogP contribution in [0.15, 0.2) is 30.3 Å². The highest BCUT2D eigenvalue weighted by Crippen LogP contribution is 2.26. The maximum Gasteiger partial charge on any atom is 0.244 e. The van der Waals surface area contributed by atoms with Gasteiger partial charge in [-0.05, 0) is 54.8 Å². The summed E-state index contributed by atoms with van der Waals surface area (Å²) in [5, 5.41) is 22.8. The molecule has 1 amide bonds. The second kappa shape index (κ2) is 8.36. The summed E-state index contributed by atoms with van der Waals surface area (Å²) in [6.07, 6.45) is 4.22. The Labute approximate surface area is 165 Å². The summed E-state index contributed by atoms with van der Waals surface area (Å²) in [4.78, 5) is 16.9. The molecule has 0 atom stereocenters. The van der Waals surface area contributed by atoms with Crippen molar-refractivity contribution >= 4 is 5.91 Å². The van der Waals surface area contributed by atoms with Gasteiger partial charge < -0.3 is 10.0 Å². The SMILES string of the molecule is O=C(Cn1nnnc1CN1CCCC1)N1CCC(O)(Cc2ccccc2)CC1. The van der Waals surface area contributed by atoms with Crippen molar-refractivity contribution in [1.29, 1.82) is 0 Å². The summed E-state index contributed by atoms with van der Waals surface area (Å²) in [5.41, 5.74) is 0.387. The van der Waals surface area contributed by atoms with Gasteiger partial charge in [0, 0.05) is 19.5 Å². The van der Waals surface area contributed by atoms with Gasteiger partial charge in [0.25, 0.3) is 0 Å². The number of likely N-dealkylation sites (tertiary alicyclic amines) is 2.